The van der Waals surface area contributed by atoms with Crippen LogP contribution in [0.15, 0.2) is 42.1 Å². The van der Waals surface area contributed by atoms with Gasteiger partial charge in [0.2, 0.25) is 0 Å². The lowest BCUT2D eigenvalue weighted by atomic mass is 10.1. The van der Waals surface area contributed by atoms with Crippen LogP contribution < -0.4 is 10.6 Å². The molecule has 0 aliphatic carbocycles. The third-order valence-corrected chi connectivity index (χ3v) is 2.27. The minimum absolute atomic E-state index is 0.0278. The van der Waals surface area contributed by atoms with E-state index in [4.69, 9.17) is 5.73 Å². The van der Waals surface area contributed by atoms with E-state index in [1.54, 1.807) is 4.90 Å². The largest absolute Gasteiger partial charge is 0.402 e. The van der Waals surface area contributed by atoms with Gasteiger partial charge in [-0.25, -0.2) is 0 Å². The number of anilines is 1. The molecule has 1 heterocycles. The Morgan fingerprint density at radius 3 is 2.57 bits per heavy atom. The molecule has 1 amide bonds. The Bertz CT molecular complexity index is 370. The minimum atomic E-state index is -0.0278. The second-order valence-electron chi connectivity index (χ2n) is 3.29. The van der Waals surface area contributed by atoms with Gasteiger partial charge in [-0.3, -0.25) is 4.79 Å². The molecule has 0 fully saturated rings. The average molecular weight is 188 g/mol. The van der Waals surface area contributed by atoms with Crippen molar-refractivity contribution in [3.8, 4) is 0 Å². The number of hydrogen-bond acceptors (Lipinski definition) is 2. The second-order valence-corrected chi connectivity index (χ2v) is 3.29. The molecule has 0 bridgehead atoms. The van der Waals surface area contributed by atoms with Gasteiger partial charge in [-0.05, 0) is 12.1 Å². The van der Waals surface area contributed by atoms with Gasteiger partial charge in [0, 0.05) is 30.4 Å². The summed E-state index contributed by atoms with van der Waals surface area (Å²) in [5.74, 6) is -0.0278. The molecule has 0 saturated carbocycles. The highest BCUT2D eigenvalue weighted by Gasteiger charge is 2.17. The first-order valence-corrected chi connectivity index (χ1v) is 4.60. The molecule has 1 aliphatic heterocycles. The Kier molecular flexibility index (Phi) is 2.23. The number of carbonyl (C=O) groups is 1. The third kappa shape index (κ3) is 1.62. The van der Waals surface area contributed by atoms with Crippen LogP contribution in [0.25, 0.3) is 0 Å². The van der Waals surface area contributed by atoms with E-state index in [2.05, 4.69) is 0 Å². The molecule has 3 heteroatoms. The smallest absolute Gasteiger partial charge is 0.252 e. The molecule has 0 radical (unpaired) electrons. The van der Waals surface area contributed by atoms with Gasteiger partial charge in [0.1, 0.15) is 0 Å². The zero-order chi connectivity index (χ0) is 9.97. The summed E-state index contributed by atoms with van der Waals surface area (Å²) in [4.78, 5) is 13.3. The van der Waals surface area contributed by atoms with Crippen LogP contribution in [0.4, 0.5) is 5.69 Å². The molecule has 0 aromatic heterocycles. The van der Waals surface area contributed by atoms with Crippen LogP contribution in [0.3, 0.4) is 0 Å². The van der Waals surface area contributed by atoms with Gasteiger partial charge in [0.25, 0.3) is 5.91 Å². The number of rotatable bonds is 1. The summed E-state index contributed by atoms with van der Waals surface area (Å²) in [5.41, 5.74) is 7.18. The lowest BCUT2D eigenvalue weighted by Gasteiger charge is -2.25. The fourth-order valence-electron chi connectivity index (χ4n) is 1.52. The van der Waals surface area contributed by atoms with Crippen LogP contribution >= 0.6 is 0 Å². The van der Waals surface area contributed by atoms with E-state index in [9.17, 15) is 4.79 Å². The zero-order valence-corrected chi connectivity index (χ0v) is 7.81. The Balaban J connectivity index is 2.26. The van der Waals surface area contributed by atoms with Crippen molar-refractivity contribution in [2.24, 2.45) is 5.73 Å². The quantitative estimate of drug-likeness (QED) is 0.721. The highest BCUT2D eigenvalue weighted by molar-refractivity contribution is 6.02. The summed E-state index contributed by atoms with van der Waals surface area (Å²) in [5, 5.41) is 0. The maximum Gasteiger partial charge on any atom is 0.252 e. The van der Waals surface area contributed by atoms with Crippen LogP contribution in [0.2, 0.25) is 0 Å². The maximum atomic E-state index is 11.6. The monoisotopic (exact) mass is 188 g/mol. The first kappa shape index (κ1) is 8.81. The standard InChI is InChI=1S/C11H12N2O/c12-9-6-7-13(11(14)8-9)10-4-2-1-3-5-10/h1-5,8H,6-7,12H2. The van der Waals surface area contributed by atoms with Crippen molar-refractivity contribution in [2.75, 3.05) is 11.4 Å². The van der Waals surface area contributed by atoms with Crippen molar-refractivity contribution in [1.29, 1.82) is 0 Å². The fraction of sp³-hybridized carbons (Fsp3) is 0.182. The van der Waals surface area contributed by atoms with Crippen LogP contribution in [-0.4, -0.2) is 12.5 Å². The molecular formula is C11H12N2O. The molecular weight excluding hydrogens is 176 g/mol. The average Bonchev–Trinajstić information content (AvgIpc) is 2.19. The lowest BCUT2D eigenvalue weighted by Crippen LogP contribution is -2.35. The molecule has 3 nitrogen and oxygen atoms in total. The predicted octanol–water partition coefficient (Wildman–Crippen LogP) is 1.27. The maximum absolute atomic E-state index is 11.6. The van der Waals surface area contributed by atoms with E-state index in [0.29, 0.717) is 12.2 Å². The fourth-order valence-corrected chi connectivity index (χ4v) is 1.52. The summed E-state index contributed by atoms with van der Waals surface area (Å²) >= 11 is 0. The number of carbonyl (C=O) groups excluding carboxylic acids is 1. The Morgan fingerprint density at radius 2 is 1.93 bits per heavy atom. The summed E-state index contributed by atoms with van der Waals surface area (Å²) in [6.07, 6.45) is 2.25. The normalized spacial score (nSPS) is 16.7. The highest BCUT2D eigenvalue weighted by Crippen LogP contribution is 2.18. The molecule has 1 aromatic carbocycles. The van der Waals surface area contributed by atoms with Gasteiger partial charge in [-0.2, -0.15) is 0 Å². The van der Waals surface area contributed by atoms with Gasteiger partial charge < -0.3 is 10.6 Å². The van der Waals surface area contributed by atoms with Crippen molar-refractivity contribution in [2.45, 2.75) is 6.42 Å². The van der Waals surface area contributed by atoms with E-state index in [-0.39, 0.29) is 5.91 Å². The molecule has 0 atom stereocenters. The summed E-state index contributed by atoms with van der Waals surface area (Å²) in [7, 11) is 0. The van der Waals surface area contributed by atoms with Crippen molar-refractivity contribution >= 4 is 11.6 Å². The van der Waals surface area contributed by atoms with E-state index in [1.807, 2.05) is 30.3 Å². The lowest BCUT2D eigenvalue weighted by molar-refractivity contribution is -0.114. The molecule has 2 rings (SSSR count). The number of para-hydroxylation sites is 1. The van der Waals surface area contributed by atoms with Gasteiger partial charge in [0.15, 0.2) is 0 Å². The number of nitrogens with two attached hydrogens (primary N) is 1. The van der Waals surface area contributed by atoms with Gasteiger partial charge in [0.05, 0.1) is 0 Å². The minimum Gasteiger partial charge on any atom is -0.402 e. The molecule has 1 aliphatic rings. The Labute approximate surface area is 82.8 Å². The molecule has 0 saturated heterocycles. The highest BCUT2D eigenvalue weighted by atomic mass is 16.2. The number of nitrogens with zero attached hydrogens (tertiary/aromatic N) is 1. The first-order chi connectivity index (χ1) is 6.77. The summed E-state index contributed by atoms with van der Waals surface area (Å²) in [6.45, 7) is 0.672. The number of benzene rings is 1. The molecule has 2 N–H and O–H groups in total. The van der Waals surface area contributed by atoms with Crippen molar-refractivity contribution in [1.82, 2.24) is 0 Å². The van der Waals surface area contributed by atoms with E-state index >= 15 is 0 Å². The van der Waals surface area contributed by atoms with Crippen molar-refractivity contribution in [3.63, 3.8) is 0 Å². The number of hydrogen-bond donors (Lipinski definition) is 1. The van der Waals surface area contributed by atoms with Crippen LogP contribution in [-0.2, 0) is 4.79 Å². The van der Waals surface area contributed by atoms with Gasteiger partial charge in [-0.1, -0.05) is 18.2 Å². The SMILES string of the molecule is NC1=CC(=O)N(c2ccccc2)CC1. The first-order valence-electron chi connectivity index (χ1n) is 4.60. The zero-order valence-electron chi connectivity index (χ0n) is 7.81. The van der Waals surface area contributed by atoms with Gasteiger partial charge >= 0.3 is 0 Å². The third-order valence-electron chi connectivity index (χ3n) is 2.27. The van der Waals surface area contributed by atoms with Gasteiger partial charge in [-0.15, -0.1) is 0 Å². The van der Waals surface area contributed by atoms with E-state index in [1.165, 1.54) is 6.08 Å². The Hall–Kier alpha value is -1.77. The predicted molar refractivity (Wildman–Crippen MR) is 55.7 cm³/mol. The molecule has 0 spiro atoms. The van der Waals surface area contributed by atoms with Crippen molar-refractivity contribution < 1.29 is 4.79 Å². The number of amides is 1. The molecule has 72 valence electrons. The molecule has 1 aromatic rings. The van der Waals surface area contributed by atoms with Crippen LogP contribution in [0.5, 0.6) is 0 Å². The summed E-state index contributed by atoms with van der Waals surface area (Å²) in [6, 6.07) is 9.62. The molecule has 0 unspecified atom stereocenters. The van der Waals surface area contributed by atoms with Crippen LogP contribution in [0.1, 0.15) is 6.42 Å². The second kappa shape index (κ2) is 3.54. The Morgan fingerprint density at radius 1 is 1.21 bits per heavy atom. The van der Waals surface area contributed by atoms with E-state index in [0.717, 1.165) is 12.1 Å². The topological polar surface area (TPSA) is 46.3 Å². The summed E-state index contributed by atoms with van der Waals surface area (Å²) < 4.78 is 0. The van der Waals surface area contributed by atoms with E-state index < -0.39 is 0 Å². The van der Waals surface area contributed by atoms with Crippen LogP contribution in [0, 0.1) is 0 Å². The van der Waals surface area contributed by atoms with Crippen molar-refractivity contribution in [3.05, 3.63) is 42.1 Å². The molecule has 14 heavy (non-hydrogen) atoms.